The molecule has 2 aliphatic carbocycles. The molecule has 0 aromatic carbocycles. The van der Waals surface area contributed by atoms with Crippen LogP contribution in [-0.2, 0) is 6.54 Å². The van der Waals surface area contributed by atoms with Gasteiger partial charge in [-0.25, -0.2) is 9.07 Å². The van der Waals surface area contributed by atoms with Gasteiger partial charge >= 0.3 is 0 Å². The molecule has 2 fully saturated rings. The molecular formula is C14H19FN6. The molecule has 2 aromatic rings. The first-order valence-electron chi connectivity index (χ1n) is 7.47. The van der Waals surface area contributed by atoms with Crippen molar-refractivity contribution >= 4 is 0 Å². The van der Waals surface area contributed by atoms with E-state index in [4.69, 9.17) is 5.73 Å². The van der Waals surface area contributed by atoms with Crippen LogP contribution in [0.4, 0.5) is 4.39 Å². The number of aromatic nitrogens is 5. The van der Waals surface area contributed by atoms with E-state index in [1.807, 2.05) is 10.9 Å². The SMILES string of the molecule is N[C@]12CC[C@H](C[C@H]1n1cc(-c3cnn(CCF)c3)nn1)C2. The molecule has 0 aliphatic heterocycles. The van der Waals surface area contributed by atoms with Crippen molar-refractivity contribution in [3.05, 3.63) is 18.6 Å². The Kier molecular flexibility index (Phi) is 2.85. The van der Waals surface area contributed by atoms with Crippen molar-refractivity contribution in [1.29, 1.82) is 0 Å². The van der Waals surface area contributed by atoms with Gasteiger partial charge < -0.3 is 5.73 Å². The molecule has 7 heteroatoms. The second-order valence-corrected chi connectivity index (χ2v) is 6.36. The first-order valence-corrected chi connectivity index (χ1v) is 7.47. The van der Waals surface area contributed by atoms with Gasteiger partial charge in [-0.1, -0.05) is 5.21 Å². The van der Waals surface area contributed by atoms with Crippen molar-refractivity contribution in [2.75, 3.05) is 6.67 Å². The Bertz CT molecular complexity index is 649. The van der Waals surface area contributed by atoms with E-state index in [-0.39, 0.29) is 18.1 Å². The van der Waals surface area contributed by atoms with Crippen LogP contribution in [0.2, 0.25) is 0 Å². The predicted molar refractivity (Wildman–Crippen MR) is 75.1 cm³/mol. The minimum absolute atomic E-state index is 0.117. The predicted octanol–water partition coefficient (Wildman–Crippen LogP) is 1.55. The molecule has 2 heterocycles. The van der Waals surface area contributed by atoms with E-state index >= 15 is 0 Å². The Hall–Kier alpha value is -1.76. The summed E-state index contributed by atoms with van der Waals surface area (Å²) >= 11 is 0. The fraction of sp³-hybridized carbons (Fsp3) is 0.643. The van der Waals surface area contributed by atoms with Gasteiger partial charge in [0.1, 0.15) is 12.4 Å². The van der Waals surface area contributed by atoms with Gasteiger partial charge in [-0.15, -0.1) is 5.10 Å². The van der Waals surface area contributed by atoms with Gasteiger partial charge in [-0.2, -0.15) is 5.10 Å². The molecular weight excluding hydrogens is 271 g/mol. The molecule has 0 unspecified atom stereocenters. The summed E-state index contributed by atoms with van der Waals surface area (Å²) < 4.78 is 15.8. The summed E-state index contributed by atoms with van der Waals surface area (Å²) in [6, 6.07) is 0.249. The van der Waals surface area contributed by atoms with Crippen molar-refractivity contribution in [2.24, 2.45) is 11.7 Å². The zero-order chi connectivity index (χ0) is 14.4. The second kappa shape index (κ2) is 4.62. The van der Waals surface area contributed by atoms with E-state index < -0.39 is 6.67 Å². The number of nitrogens with two attached hydrogens (primary N) is 1. The van der Waals surface area contributed by atoms with Crippen LogP contribution in [0.1, 0.15) is 31.7 Å². The van der Waals surface area contributed by atoms with Gasteiger partial charge in [-0.05, 0) is 31.6 Å². The molecule has 112 valence electrons. The monoisotopic (exact) mass is 290 g/mol. The summed E-state index contributed by atoms with van der Waals surface area (Å²) in [6.07, 6.45) is 9.95. The largest absolute Gasteiger partial charge is 0.323 e. The van der Waals surface area contributed by atoms with Crippen molar-refractivity contribution in [3.8, 4) is 11.3 Å². The van der Waals surface area contributed by atoms with E-state index in [9.17, 15) is 4.39 Å². The van der Waals surface area contributed by atoms with Gasteiger partial charge in [0.05, 0.1) is 25.0 Å². The van der Waals surface area contributed by atoms with Gasteiger partial charge in [-0.3, -0.25) is 4.68 Å². The lowest BCUT2D eigenvalue weighted by molar-refractivity contribution is 0.260. The number of aryl methyl sites for hydroxylation is 1. The lowest BCUT2D eigenvalue weighted by Crippen LogP contribution is -2.43. The fourth-order valence-electron chi connectivity index (χ4n) is 3.91. The third-order valence-corrected chi connectivity index (χ3v) is 4.98. The van der Waals surface area contributed by atoms with Crippen LogP contribution in [-0.4, -0.2) is 37.0 Å². The standard InChI is InChI=1S/C14H19FN6/c15-3-4-20-8-11(7-17-20)12-9-21(19-18-12)13-5-10-1-2-14(13,16)6-10/h7-10,13H,1-6,16H2/t10-,13-,14+/m1/s1. The van der Waals surface area contributed by atoms with Crippen LogP contribution in [0, 0.1) is 5.92 Å². The highest BCUT2D eigenvalue weighted by molar-refractivity contribution is 5.55. The molecule has 2 N–H and O–H groups in total. The number of fused-ring (bicyclic) bond motifs is 2. The Labute approximate surface area is 122 Å². The number of hydrogen-bond acceptors (Lipinski definition) is 4. The molecule has 0 spiro atoms. The van der Waals surface area contributed by atoms with E-state index in [2.05, 4.69) is 15.4 Å². The van der Waals surface area contributed by atoms with Crippen molar-refractivity contribution in [3.63, 3.8) is 0 Å². The summed E-state index contributed by atoms with van der Waals surface area (Å²) in [5.74, 6) is 0.736. The zero-order valence-corrected chi connectivity index (χ0v) is 11.8. The van der Waals surface area contributed by atoms with Crippen LogP contribution in [0.15, 0.2) is 18.6 Å². The minimum Gasteiger partial charge on any atom is -0.323 e. The van der Waals surface area contributed by atoms with Crippen molar-refractivity contribution < 1.29 is 4.39 Å². The summed E-state index contributed by atoms with van der Waals surface area (Å²) in [4.78, 5) is 0. The smallest absolute Gasteiger partial charge is 0.116 e. The molecule has 2 bridgehead atoms. The molecule has 6 nitrogen and oxygen atoms in total. The number of rotatable bonds is 4. The summed E-state index contributed by atoms with van der Waals surface area (Å²) in [5.41, 5.74) is 8.04. The molecule has 2 aromatic heterocycles. The number of halogens is 1. The lowest BCUT2D eigenvalue weighted by atomic mass is 9.89. The molecule has 4 rings (SSSR count). The van der Waals surface area contributed by atoms with E-state index in [1.54, 1.807) is 17.1 Å². The number of nitrogens with zero attached hydrogens (tertiary/aromatic N) is 5. The average molecular weight is 290 g/mol. The molecule has 3 atom stereocenters. The second-order valence-electron chi connectivity index (χ2n) is 6.36. The topological polar surface area (TPSA) is 74.6 Å². The van der Waals surface area contributed by atoms with E-state index in [0.29, 0.717) is 0 Å². The number of hydrogen-bond donors (Lipinski definition) is 1. The van der Waals surface area contributed by atoms with E-state index in [1.165, 1.54) is 6.42 Å². The van der Waals surface area contributed by atoms with Gasteiger partial charge in [0, 0.05) is 17.3 Å². The molecule has 0 amide bonds. The third kappa shape index (κ3) is 2.07. The van der Waals surface area contributed by atoms with Gasteiger partial charge in [0.15, 0.2) is 0 Å². The average Bonchev–Trinajstić information content (AvgIpc) is 3.19. The number of alkyl halides is 1. The Morgan fingerprint density at radius 2 is 2.33 bits per heavy atom. The Balaban J connectivity index is 1.58. The highest BCUT2D eigenvalue weighted by Gasteiger charge is 2.50. The quantitative estimate of drug-likeness (QED) is 0.927. The zero-order valence-electron chi connectivity index (χ0n) is 11.8. The van der Waals surface area contributed by atoms with Crippen LogP contribution in [0.5, 0.6) is 0 Å². The van der Waals surface area contributed by atoms with Crippen LogP contribution < -0.4 is 5.73 Å². The first kappa shape index (κ1) is 12.9. The molecule has 2 aliphatic rings. The van der Waals surface area contributed by atoms with Crippen molar-refractivity contribution in [2.45, 2.75) is 43.8 Å². The summed E-state index contributed by atoms with van der Waals surface area (Å²) in [7, 11) is 0. The normalized spacial score (nSPS) is 31.1. The van der Waals surface area contributed by atoms with Gasteiger partial charge in [0.25, 0.3) is 0 Å². The van der Waals surface area contributed by atoms with Gasteiger partial charge in [0.2, 0.25) is 0 Å². The first-order chi connectivity index (χ1) is 10.2. The maximum absolute atomic E-state index is 12.3. The van der Waals surface area contributed by atoms with Crippen LogP contribution in [0.25, 0.3) is 11.3 Å². The molecule has 2 saturated carbocycles. The van der Waals surface area contributed by atoms with Crippen LogP contribution >= 0.6 is 0 Å². The molecule has 0 radical (unpaired) electrons. The maximum Gasteiger partial charge on any atom is 0.116 e. The summed E-state index contributed by atoms with van der Waals surface area (Å²) in [5, 5.41) is 12.6. The Morgan fingerprint density at radius 3 is 3.05 bits per heavy atom. The van der Waals surface area contributed by atoms with Crippen LogP contribution in [0.3, 0.4) is 0 Å². The molecule has 0 saturated heterocycles. The maximum atomic E-state index is 12.3. The van der Waals surface area contributed by atoms with E-state index in [0.717, 1.165) is 36.4 Å². The van der Waals surface area contributed by atoms with Crippen molar-refractivity contribution in [1.82, 2.24) is 24.8 Å². The lowest BCUT2D eigenvalue weighted by Gasteiger charge is -2.30. The highest BCUT2D eigenvalue weighted by Crippen LogP contribution is 2.51. The minimum atomic E-state index is -0.424. The fourth-order valence-corrected chi connectivity index (χ4v) is 3.91. The Morgan fingerprint density at radius 1 is 1.43 bits per heavy atom. The highest BCUT2D eigenvalue weighted by atomic mass is 19.1. The summed E-state index contributed by atoms with van der Waals surface area (Å²) in [6.45, 7) is -0.155. The molecule has 21 heavy (non-hydrogen) atoms. The third-order valence-electron chi connectivity index (χ3n) is 4.98.